The van der Waals surface area contributed by atoms with E-state index in [1.54, 1.807) is 6.92 Å². The van der Waals surface area contributed by atoms with Crippen LogP contribution in [0, 0.1) is 0 Å². The lowest BCUT2D eigenvalue weighted by Gasteiger charge is -2.15. The van der Waals surface area contributed by atoms with E-state index in [2.05, 4.69) is 6.92 Å². The predicted octanol–water partition coefficient (Wildman–Crippen LogP) is 2.84. The fourth-order valence-electron chi connectivity index (χ4n) is 1.44. The molecule has 0 saturated carbocycles. The lowest BCUT2D eigenvalue weighted by Crippen LogP contribution is -2.22. The molecule has 0 aliphatic rings. The second kappa shape index (κ2) is 10.1. The molecule has 4 heteroatoms. The third-order valence-electron chi connectivity index (χ3n) is 2.44. The van der Waals surface area contributed by atoms with E-state index < -0.39 is 0 Å². The summed E-state index contributed by atoms with van der Waals surface area (Å²) in [5.41, 5.74) is 0. The Labute approximate surface area is 104 Å². The van der Waals surface area contributed by atoms with E-state index in [4.69, 9.17) is 9.47 Å². The molecule has 0 aliphatic heterocycles. The number of hydrogen-bond donors (Lipinski definition) is 0. The maximum Gasteiger partial charge on any atom is 0.309 e. The van der Waals surface area contributed by atoms with Crippen LogP contribution in [0.2, 0.25) is 0 Å². The van der Waals surface area contributed by atoms with Gasteiger partial charge in [0.1, 0.15) is 6.10 Å². The molecule has 0 spiro atoms. The number of ether oxygens (including phenoxy) is 2. The Balaban J connectivity index is 3.86. The topological polar surface area (TPSA) is 52.6 Å². The number of esters is 2. The Kier molecular flexibility index (Phi) is 9.49. The molecule has 1 unspecified atom stereocenters. The van der Waals surface area contributed by atoms with E-state index in [0.29, 0.717) is 19.4 Å². The van der Waals surface area contributed by atoms with Gasteiger partial charge in [0, 0.05) is 6.42 Å². The molecule has 0 heterocycles. The van der Waals surface area contributed by atoms with Crippen molar-refractivity contribution in [3.05, 3.63) is 0 Å². The number of hydrogen-bond acceptors (Lipinski definition) is 4. The number of unbranched alkanes of at least 4 members (excludes halogenated alkanes) is 2. The van der Waals surface area contributed by atoms with Gasteiger partial charge >= 0.3 is 11.9 Å². The molecular formula is C13H24O4. The maximum absolute atomic E-state index is 11.5. The molecule has 0 aromatic heterocycles. The predicted molar refractivity (Wildman–Crippen MR) is 65.6 cm³/mol. The lowest BCUT2D eigenvalue weighted by molar-refractivity contribution is -0.155. The van der Waals surface area contributed by atoms with E-state index >= 15 is 0 Å². The van der Waals surface area contributed by atoms with Crippen molar-refractivity contribution in [1.82, 2.24) is 0 Å². The average Bonchev–Trinajstić information content (AvgIpc) is 2.28. The van der Waals surface area contributed by atoms with Gasteiger partial charge in [0.25, 0.3) is 0 Å². The summed E-state index contributed by atoms with van der Waals surface area (Å²) < 4.78 is 10.0. The molecule has 0 N–H and O–H groups in total. The van der Waals surface area contributed by atoms with E-state index in [0.717, 1.165) is 19.3 Å². The normalized spacial score (nSPS) is 11.9. The van der Waals surface area contributed by atoms with Gasteiger partial charge in [-0.3, -0.25) is 9.59 Å². The average molecular weight is 244 g/mol. The fourth-order valence-corrected chi connectivity index (χ4v) is 1.44. The molecule has 17 heavy (non-hydrogen) atoms. The highest BCUT2D eigenvalue weighted by Gasteiger charge is 2.17. The van der Waals surface area contributed by atoms with Crippen molar-refractivity contribution in [2.24, 2.45) is 0 Å². The van der Waals surface area contributed by atoms with Crippen LogP contribution in [0.25, 0.3) is 0 Å². The molecule has 100 valence electrons. The zero-order valence-electron chi connectivity index (χ0n) is 11.2. The minimum Gasteiger partial charge on any atom is -0.466 e. The van der Waals surface area contributed by atoms with Gasteiger partial charge < -0.3 is 9.47 Å². The first-order valence-electron chi connectivity index (χ1n) is 6.49. The Morgan fingerprint density at radius 2 is 1.76 bits per heavy atom. The quantitative estimate of drug-likeness (QED) is 0.462. The Morgan fingerprint density at radius 1 is 1.06 bits per heavy atom. The molecule has 0 radical (unpaired) electrons. The second-order valence-electron chi connectivity index (χ2n) is 3.99. The number of carbonyl (C=O) groups is 2. The minimum atomic E-state index is -0.344. The highest BCUT2D eigenvalue weighted by Crippen LogP contribution is 2.09. The number of rotatable bonds is 9. The third kappa shape index (κ3) is 8.72. The first-order chi connectivity index (χ1) is 8.13. The molecule has 0 rings (SSSR count). The van der Waals surface area contributed by atoms with Gasteiger partial charge in [0.2, 0.25) is 0 Å². The summed E-state index contributed by atoms with van der Waals surface area (Å²) in [6.07, 6.45) is 3.85. The van der Waals surface area contributed by atoms with Crippen molar-refractivity contribution < 1.29 is 19.1 Å². The standard InChI is InChI=1S/C13H24O4/c1-4-7-8-9-12(14)17-11(5-2)10-13(15)16-6-3/h11H,4-10H2,1-3H3. The number of carbonyl (C=O) groups excluding carboxylic acids is 2. The first kappa shape index (κ1) is 15.9. The molecular weight excluding hydrogens is 220 g/mol. The Morgan fingerprint density at radius 3 is 2.29 bits per heavy atom. The van der Waals surface area contributed by atoms with Gasteiger partial charge in [0.15, 0.2) is 0 Å². The zero-order valence-corrected chi connectivity index (χ0v) is 11.2. The van der Waals surface area contributed by atoms with Gasteiger partial charge in [-0.05, 0) is 19.8 Å². The molecule has 0 aliphatic carbocycles. The van der Waals surface area contributed by atoms with Crippen LogP contribution in [-0.4, -0.2) is 24.6 Å². The van der Waals surface area contributed by atoms with Crippen molar-refractivity contribution in [3.8, 4) is 0 Å². The van der Waals surface area contributed by atoms with E-state index in [-0.39, 0.29) is 24.5 Å². The van der Waals surface area contributed by atoms with Gasteiger partial charge in [-0.25, -0.2) is 0 Å². The molecule has 0 aromatic carbocycles. The Hall–Kier alpha value is -1.06. The smallest absolute Gasteiger partial charge is 0.309 e. The summed E-state index contributed by atoms with van der Waals surface area (Å²) in [6.45, 7) is 6.10. The van der Waals surface area contributed by atoms with Crippen molar-refractivity contribution in [3.63, 3.8) is 0 Å². The highest BCUT2D eigenvalue weighted by atomic mass is 16.6. The highest BCUT2D eigenvalue weighted by molar-refractivity contribution is 5.72. The summed E-state index contributed by atoms with van der Waals surface area (Å²) in [4.78, 5) is 22.7. The van der Waals surface area contributed by atoms with Crippen LogP contribution < -0.4 is 0 Å². The summed E-state index contributed by atoms with van der Waals surface area (Å²) >= 11 is 0. The van der Waals surface area contributed by atoms with Gasteiger partial charge in [-0.2, -0.15) is 0 Å². The van der Waals surface area contributed by atoms with E-state index in [1.165, 1.54) is 0 Å². The van der Waals surface area contributed by atoms with E-state index in [9.17, 15) is 9.59 Å². The first-order valence-corrected chi connectivity index (χ1v) is 6.49. The summed E-state index contributed by atoms with van der Waals surface area (Å²) in [6, 6.07) is 0. The molecule has 0 aromatic rings. The minimum absolute atomic E-state index is 0.157. The van der Waals surface area contributed by atoms with Crippen LogP contribution in [0.1, 0.15) is 59.3 Å². The van der Waals surface area contributed by atoms with Crippen molar-refractivity contribution in [2.45, 2.75) is 65.4 Å². The summed E-state index contributed by atoms with van der Waals surface area (Å²) in [5.74, 6) is -0.518. The third-order valence-corrected chi connectivity index (χ3v) is 2.44. The molecule has 0 fully saturated rings. The van der Waals surface area contributed by atoms with Crippen LogP contribution >= 0.6 is 0 Å². The SMILES string of the molecule is CCCCCC(=O)OC(CC)CC(=O)OCC. The van der Waals surface area contributed by atoms with Crippen molar-refractivity contribution in [2.75, 3.05) is 6.61 Å². The van der Waals surface area contributed by atoms with Crippen LogP contribution in [0.5, 0.6) is 0 Å². The van der Waals surface area contributed by atoms with Crippen LogP contribution in [0.15, 0.2) is 0 Å². The molecule has 0 saturated heterocycles. The molecule has 0 bridgehead atoms. The molecule has 4 nitrogen and oxygen atoms in total. The largest absolute Gasteiger partial charge is 0.466 e. The zero-order chi connectivity index (χ0) is 13.1. The van der Waals surface area contributed by atoms with Crippen molar-refractivity contribution in [1.29, 1.82) is 0 Å². The van der Waals surface area contributed by atoms with Crippen LogP contribution in [0.4, 0.5) is 0 Å². The maximum atomic E-state index is 11.5. The molecule has 0 amide bonds. The van der Waals surface area contributed by atoms with Gasteiger partial charge in [-0.1, -0.05) is 26.7 Å². The second-order valence-corrected chi connectivity index (χ2v) is 3.99. The fraction of sp³-hybridized carbons (Fsp3) is 0.846. The molecule has 1 atom stereocenters. The summed E-state index contributed by atoms with van der Waals surface area (Å²) in [7, 11) is 0. The summed E-state index contributed by atoms with van der Waals surface area (Å²) in [5, 5.41) is 0. The van der Waals surface area contributed by atoms with Gasteiger partial charge in [-0.15, -0.1) is 0 Å². The van der Waals surface area contributed by atoms with Crippen molar-refractivity contribution >= 4 is 11.9 Å². The monoisotopic (exact) mass is 244 g/mol. The lowest BCUT2D eigenvalue weighted by atomic mass is 10.2. The van der Waals surface area contributed by atoms with Gasteiger partial charge in [0.05, 0.1) is 13.0 Å². The van der Waals surface area contributed by atoms with Crippen LogP contribution in [-0.2, 0) is 19.1 Å². The van der Waals surface area contributed by atoms with E-state index in [1.807, 2.05) is 6.92 Å². The Bertz CT molecular complexity index is 225. The van der Waals surface area contributed by atoms with Crippen LogP contribution in [0.3, 0.4) is 0 Å².